The summed E-state index contributed by atoms with van der Waals surface area (Å²) in [7, 11) is 3.43. The average molecular weight is 335 g/mol. The van der Waals surface area contributed by atoms with Crippen LogP contribution in [-0.2, 0) is 13.5 Å². The van der Waals surface area contributed by atoms with Crippen LogP contribution < -0.4 is 15.8 Å². The maximum absolute atomic E-state index is 12.7. The highest BCUT2D eigenvalue weighted by molar-refractivity contribution is 6.07. The minimum Gasteiger partial charge on any atom is -0.316 e. The fourth-order valence-corrected chi connectivity index (χ4v) is 2.96. The van der Waals surface area contributed by atoms with Crippen LogP contribution in [0.2, 0.25) is 0 Å². The Labute approximate surface area is 146 Å². The number of urea groups is 1. The molecule has 0 aliphatic rings. The summed E-state index contributed by atoms with van der Waals surface area (Å²) in [6.45, 7) is 2.06. The van der Waals surface area contributed by atoms with Crippen LogP contribution in [0, 0.1) is 0 Å². The van der Waals surface area contributed by atoms with E-state index in [1.54, 1.807) is 31.3 Å². The highest BCUT2D eigenvalue weighted by atomic mass is 16.2. The normalized spacial score (nSPS) is 10.7. The SMILES string of the molecule is CCc1ccccc1N(C)C(=O)Nc1cn(C)c(=O)c2ccccc12. The van der Waals surface area contributed by atoms with Gasteiger partial charge in [0.15, 0.2) is 0 Å². The van der Waals surface area contributed by atoms with Crippen molar-refractivity contribution in [3.05, 3.63) is 70.6 Å². The third-order valence-corrected chi connectivity index (χ3v) is 4.37. The van der Waals surface area contributed by atoms with Crippen LogP contribution in [0.3, 0.4) is 0 Å². The van der Waals surface area contributed by atoms with Gasteiger partial charge in [0, 0.05) is 36.8 Å². The predicted octanol–water partition coefficient (Wildman–Crippen LogP) is 3.77. The molecular formula is C20H21N3O2. The molecule has 5 nitrogen and oxygen atoms in total. The Morgan fingerprint density at radius 2 is 1.72 bits per heavy atom. The molecule has 25 heavy (non-hydrogen) atoms. The van der Waals surface area contributed by atoms with Gasteiger partial charge in [-0.05, 0) is 24.1 Å². The standard InChI is InChI=1S/C20H21N3O2/c1-4-14-9-5-8-12-18(14)23(3)20(25)21-17-13-22(2)19(24)16-11-7-6-10-15(16)17/h5-13H,4H2,1-3H3,(H,21,25). The third kappa shape index (κ3) is 3.13. The number of fused-ring (bicyclic) bond motifs is 1. The van der Waals surface area contributed by atoms with E-state index in [1.165, 1.54) is 4.57 Å². The lowest BCUT2D eigenvalue weighted by Crippen LogP contribution is -2.32. The number of anilines is 2. The van der Waals surface area contributed by atoms with Gasteiger partial charge in [0.1, 0.15) is 0 Å². The summed E-state index contributed by atoms with van der Waals surface area (Å²) in [5.74, 6) is 0. The fraction of sp³-hybridized carbons (Fsp3) is 0.200. The van der Waals surface area contributed by atoms with Gasteiger partial charge in [0.25, 0.3) is 5.56 Å². The Morgan fingerprint density at radius 3 is 2.44 bits per heavy atom. The second-order valence-electron chi connectivity index (χ2n) is 5.98. The molecule has 1 aromatic heterocycles. The predicted molar refractivity (Wildman–Crippen MR) is 102 cm³/mol. The number of hydrogen-bond acceptors (Lipinski definition) is 2. The first-order valence-electron chi connectivity index (χ1n) is 8.24. The number of benzene rings is 2. The molecule has 3 aromatic rings. The molecule has 0 unspecified atom stereocenters. The highest BCUT2D eigenvalue weighted by Crippen LogP contribution is 2.23. The van der Waals surface area contributed by atoms with Crippen LogP contribution in [0.25, 0.3) is 10.8 Å². The minimum absolute atomic E-state index is 0.0849. The van der Waals surface area contributed by atoms with Gasteiger partial charge in [0.2, 0.25) is 0 Å². The van der Waals surface area contributed by atoms with Crippen molar-refractivity contribution in [3.63, 3.8) is 0 Å². The Balaban J connectivity index is 1.97. The van der Waals surface area contributed by atoms with Crippen molar-refractivity contribution >= 4 is 28.2 Å². The lowest BCUT2D eigenvalue weighted by molar-refractivity contribution is 0.258. The summed E-state index contributed by atoms with van der Waals surface area (Å²) < 4.78 is 1.48. The van der Waals surface area contributed by atoms with Gasteiger partial charge in [-0.25, -0.2) is 4.79 Å². The zero-order valence-electron chi connectivity index (χ0n) is 14.6. The molecular weight excluding hydrogens is 314 g/mol. The quantitative estimate of drug-likeness (QED) is 0.792. The molecule has 0 atom stereocenters. The van der Waals surface area contributed by atoms with Crippen LogP contribution in [0.4, 0.5) is 16.2 Å². The molecule has 0 aliphatic carbocycles. The lowest BCUT2D eigenvalue weighted by atomic mass is 10.1. The molecule has 0 saturated heterocycles. The first-order chi connectivity index (χ1) is 12.0. The van der Waals surface area contributed by atoms with Gasteiger partial charge in [-0.2, -0.15) is 0 Å². The van der Waals surface area contributed by atoms with Gasteiger partial charge < -0.3 is 9.88 Å². The van der Waals surface area contributed by atoms with Crippen LogP contribution in [0.5, 0.6) is 0 Å². The molecule has 0 bridgehead atoms. The number of carbonyl (C=O) groups excluding carboxylic acids is 1. The van der Waals surface area contributed by atoms with Crippen molar-refractivity contribution in [1.82, 2.24) is 4.57 Å². The first-order valence-corrected chi connectivity index (χ1v) is 8.24. The van der Waals surface area contributed by atoms with E-state index in [9.17, 15) is 9.59 Å². The van der Waals surface area contributed by atoms with Gasteiger partial charge >= 0.3 is 6.03 Å². The fourth-order valence-electron chi connectivity index (χ4n) is 2.96. The Kier molecular flexibility index (Phi) is 4.57. The number of amides is 2. The third-order valence-electron chi connectivity index (χ3n) is 4.37. The Morgan fingerprint density at radius 1 is 1.08 bits per heavy atom. The lowest BCUT2D eigenvalue weighted by Gasteiger charge is -2.21. The van der Waals surface area contributed by atoms with Gasteiger partial charge in [-0.1, -0.05) is 43.3 Å². The number of aromatic nitrogens is 1. The minimum atomic E-state index is -0.246. The van der Waals surface area contributed by atoms with Crippen molar-refractivity contribution in [3.8, 4) is 0 Å². The maximum atomic E-state index is 12.7. The van der Waals surface area contributed by atoms with Crippen LogP contribution >= 0.6 is 0 Å². The van der Waals surface area contributed by atoms with Crippen LogP contribution in [0.1, 0.15) is 12.5 Å². The number of nitrogens with zero attached hydrogens (tertiary/aromatic N) is 2. The number of carbonyl (C=O) groups is 1. The first kappa shape index (κ1) is 16.8. The summed E-state index contributed by atoms with van der Waals surface area (Å²) >= 11 is 0. The molecule has 0 saturated carbocycles. The summed E-state index contributed by atoms with van der Waals surface area (Å²) in [4.78, 5) is 26.6. The van der Waals surface area contributed by atoms with Crippen molar-refractivity contribution in [2.45, 2.75) is 13.3 Å². The monoisotopic (exact) mass is 335 g/mol. The van der Waals surface area contributed by atoms with Crippen molar-refractivity contribution in [2.24, 2.45) is 7.05 Å². The molecule has 1 N–H and O–H groups in total. The number of pyridine rings is 1. The zero-order valence-corrected chi connectivity index (χ0v) is 14.6. The van der Waals surface area contributed by atoms with E-state index in [-0.39, 0.29) is 11.6 Å². The molecule has 0 radical (unpaired) electrons. The molecule has 0 aliphatic heterocycles. The number of rotatable bonds is 3. The Hall–Kier alpha value is -3.08. The molecule has 2 aromatic carbocycles. The smallest absolute Gasteiger partial charge is 0.316 e. The number of hydrogen-bond donors (Lipinski definition) is 1. The van der Waals surface area contributed by atoms with E-state index in [0.717, 1.165) is 23.1 Å². The number of nitrogens with one attached hydrogen (secondary N) is 1. The number of para-hydroxylation sites is 1. The largest absolute Gasteiger partial charge is 0.326 e. The van der Waals surface area contributed by atoms with Crippen molar-refractivity contribution in [1.29, 1.82) is 0 Å². The summed E-state index contributed by atoms with van der Waals surface area (Å²) in [5, 5.41) is 4.25. The maximum Gasteiger partial charge on any atom is 0.326 e. The van der Waals surface area contributed by atoms with E-state index < -0.39 is 0 Å². The second-order valence-corrected chi connectivity index (χ2v) is 5.98. The summed E-state index contributed by atoms with van der Waals surface area (Å²) in [6.07, 6.45) is 2.50. The molecule has 0 spiro atoms. The topological polar surface area (TPSA) is 54.3 Å². The zero-order chi connectivity index (χ0) is 18.0. The number of aryl methyl sites for hydroxylation is 2. The molecule has 5 heteroatoms. The summed E-state index contributed by atoms with van der Waals surface area (Å²) in [6, 6.07) is 14.9. The highest BCUT2D eigenvalue weighted by Gasteiger charge is 2.16. The van der Waals surface area contributed by atoms with E-state index >= 15 is 0 Å². The summed E-state index contributed by atoms with van der Waals surface area (Å²) in [5.41, 5.74) is 2.50. The molecule has 2 amide bonds. The average Bonchev–Trinajstić information content (AvgIpc) is 2.65. The van der Waals surface area contributed by atoms with Crippen molar-refractivity contribution in [2.75, 3.05) is 17.3 Å². The molecule has 128 valence electrons. The van der Waals surface area contributed by atoms with Crippen LogP contribution in [-0.4, -0.2) is 17.6 Å². The van der Waals surface area contributed by atoms with E-state index in [1.807, 2.05) is 42.5 Å². The van der Waals surface area contributed by atoms with Crippen LogP contribution in [0.15, 0.2) is 59.5 Å². The molecule has 1 heterocycles. The van der Waals surface area contributed by atoms with Crippen molar-refractivity contribution < 1.29 is 4.79 Å². The van der Waals surface area contributed by atoms with Gasteiger partial charge in [-0.15, -0.1) is 0 Å². The van der Waals surface area contributed by atoms with Gasteiger partial charge in [0.05, 0.1) is 5.69 Å². The van der Waals surface area contributed by atoms with E-state index in [4.69, 9.17) is 0 Å². The molecule has 3 rings (SSSR count). The van der Waals surface area contributed by atoms with E-state index in [2.05, 4.69) is 12.2 Å². The van der Waals surface area contributed by atoms with Gasteiger partial charge in [-0.3, -0.25) is 9.69 Å². The molecule has 0 fully saturated rings. The van der Waals surface area contributed by atoms with E-state index in [0.29, 0.717) is 11.1 Å². The Bertz CT molecular complexity index is 992. The second kappa shape index (κ2) is 6.81.